The van der Waals surface area contributed by atoms with Crippen molar-refractivity contribution in [2.45, 2.75) is 31.9 Å². The van der Waals surface area contributed by atoms with Gasteiger partial charge in [0.1, 0.15) is 5.76 Å². The summed E-state index contributed by atoms with van der Waals surface area (Å²) in [7, 11) is 0. The van der Waals surface area contributed by atoms with Crippen LogP contribution < -0.4 is 10.3 Å². The number of hydrazone groups is 1. The molecule has 1 aromatic carbocycles. The Morgan fingerprint density at radius 2 is 1.96 bits per heavy atom. The number of hydrogen-bond acceptors (Lipinski definition) is 4. The number of benzene rings is 1. The smallest absolute Gasteiger partial charge is 0.416 e. The molecule has 2 aromatic rings. The van der Waals surface area contributed by atoms with Gasteiger partial charge in [-0.05, 0) is 37.0 Å². The monoisotopic (exact) mass is 379 g/mol. The van der Waals surface area contributed by atoms with Crippen molar-refractivity contribution < 1.29 is 22.4 Å². The van der Waals surface area contributed by atoms with Crippen molar-refractivity contribution in [1.82, 2.24) is 5.43 Å². The highest BCUT2D eigenvalue weighted by Gasteiger charge is 2.30. The zero-order valence-electron chi connectivity index (χ0n) is 14.6. The van der Waals surface area contributed by atoms with E-state index in [0.717, 1.165) is 43.9 Å². The van der Waals surface area contributed by atoms with E-state index in [9.17, 15) is 18.0 Å². The third kappa shape index (κ3) is 5.35. The third-order valence-corrected chi connectivity index (χ3v) is 4.28. The maximum Gasteiger partial charge on any atom is 0.416 e. The zero-order chi connectivity index (χ0) is 19.3. The number of furan rings is 1. The van der Waals surface area contributed by atoms with Crippen molar-refractivity contribution in [3.05, 3.63) is 53.3 Å². The number of nitrogens with zero attached hydrogens (tertiary/aromatic N) is 2. The van der Waals surface area contributed by atoms with Gasteiger partial charge in [-0.1, -0.05) is 18.2 Å². The van der Waals surface area contributed by atoms with Crippen molar-refractivity contribution in [1.29, 1.82) is 0 Å². The molecule has 1 aromatic heterocycles. The largest absolute Gasteiger partial charge is 0.440 e. The maximum atomic E-state index is 12.7. The van der Waals surface area contributed by atoms with E-state index in [1.54, 1.807) is 6.07 Å². The fraction of sp³-hybridized carbons (Fsp3) is 0.368. The van der Waals surface area contributed by atoms with E-state index in [4.69, 9.17) is 4.42 Å². The van der Waals surface area contributed by atoms with Crippen molar-refractivity contribution in [2.75, 3.05) is 18.0 Å². The second-order valence-electron chi connectivity index (χ2n) is 6.39. The normalized spacial score (nSPS) is 15.3. The molecule has 144 valence electrons. The molecular formula is C19H20F3N3O2. The predicted molar refractivity (Wildman–Crippen MR) is 95.7 cm³/mol. The van der Waals surface area contributed by atoms with E-state index >= 15 is 0 Å². The molecule has 1 amide bonds. The minimum atomic E-state index is -4.43. The number of anilines is 1. The van der Waals surface area contributed by atoms with Gasteiger partial charge in [-0.25, -0.2) is 5.43 Å². The first-order chi connectivity index (χ1) is 12.9. The van der Waals surface area contributed by atoms with Gasteiger partial charge in [-0.3, -0.25) is 4.79 Å². The number of rotatable bonds is 5. The minimum Gasteiger partial charge on any atom is -0.440 e. The number of nitrogens with one attached hydrogen (secondary N) is 1. The Morgan fingerprint density at radius 1 is 1.19 bits per heavy atom. The van der Waals surface area contributed by atoms with Crippen molar-refractivity contribution in [2.24, 2.45) is 5.10 Å². The van der Waals surface area contributed by atoms with Gasteiger partial charge in [0.05, 0.1) is 18.2 Å². The summed E-state index contributed by atoms with van der Waals surface area (Å²) in [5.41, 5.74) is 1.79. The summed E-state index contributed by atoms with van der Waals surface area (Å²) < 4.78 is 43.8. The lowest BCUT2D eigenvalue weighted by atomic mass is 10.1. The molecule has 0 bridgehead atoms. The van der Waals surface area contributed by atoms with E-state index in [0.29, 0.717) is 5.76 Å². The summed E-state index contributed by atoms with van der Waals surface area (Å²) in [4.78, 5) is 14.0. The third-order valence-electron chi connectivity index (χ3n) is 4.28. The molecule has 0 unspecified atom stereocenters. The quantitative estimate of drug-likeness (QED) is 0.632. The first-order valence-corrected chi connectivity index (χ1v) is 8.75. The van der Waals surface area contributed by atoms with Crippen LogP contribution in [0.5, 0.6) is 0 Å². The van der Waals surface area contributed by atoms with Crippen LogP contribution >= 0.6 is 0 Å². The van der Waals surface area contributed by atoms with Crippen LogP contribution in [0, 0.1) is 0 Å². The Hall–Kier alpha value is -2.77. The van der Waals surface area contributed by atoms with E-state index in [2.05, 4.69) is 15.4 Å². The molecule has 1 fully saturated rings. The maximum absolute atomic E-state index is 12.7. The molecule has 1 saturated heterocycles. The topological polar surface area (TPSA) is 57.8 Å². The average molecular weight is 379 g/mol. The highest BCUT2D eigenvalue weighted by molar-refractivity contribution is 5.82. The first kappa shape index (κ1) is 19.0. The van der Waals surface area contributed by atoms with E-state index < -0.39 is 17.6 Å². The van der Waals surface area contributed by atoms with Crippen LogP contribution in [-0.4, -0.2) is 25.2 Å². The van der Waals surface area contributed by atoms with Crippen molar-refractivity contribution >= 4 is 18.0 Å². The lowest BCUT2D eigenvalue weighted by Gasteiger charge is -2.25. The molecule has 27 heavy (non-hydrogen) atoms. The van der Waals surface area contributed by atoms with Crippen LogP contribution in [0.1, 0.15) is 36.1 Å². The molecule has 0 radical (unpaired) electrons. The lowest BCUT2D eigenvalue weighted by molar-refractivity contribution is -0.137. The first-order valence-electron chi connectivity index (χ1n) is 8.75. The van der Waals surface area contributed by atoms with Crippen molar-refractivity contribution in [3.8, 4) is 0 Å². The molecule has 0 saturated carbocycles. The van der Waals surface area contributed by atoms with Crippen LogP contribution in [0.25, 0.3) is 0 Å². The molecule has 3 rings (SSSR count). The highest BCUT2D eigenvalue weighted by Crippen LogP contribution is 2.29. The molecule has 8 heteroatoms. The average Bonchev–Trinajstić information content (AvgIpc) is 3.11. The Labute approximate surface area is 154 Å². The Kier molecular flexibility index (Phi) is 5.83. The number of halogens is 3. The summed E-state index contributed by atoms with van der Waals surface area (Å²) in [6, 6.07) is 8.29. The Morgan fingerprint density at radius 3 is 2.70 bits per heavy atom. The number of alkyl halides is 3. The fourth-order valence-electron chi connectivity index (χ4n) is 2.95. The van der Waals surface area contributed by atoms with Gasteiger partial charge in [0.15, 0.2) is 5.88 Å². The van der Waals surface area contributed by atoms with Gasteiger partial charge in [-0.2, -0.15) is 18.3 Å². The van der Waals surface area contributed by atoms with Crippen LogP contribution in [0.4, 0.5) is 19.1 Å². The number of piperidine rings is 1. The van der Waals surface area contributed by atoms with Gasteiger partial charge in [0.2, 0.25) is 5.91 Å². The standard InChI is InChI=1S/C19H20F3N3O2/c20-19(21,22)15-6-4-5-14(11-15)12-17(26)24-23-13-16-7-8-18(27-16)25-9-2-1-3-10-25/h4-8,11,13H,1-3,9-10,12H2,(H,24,26)/b23-13+. The van der Waals surface area contributed by atoms with E-state index in [1.807, 2.05) is 6.07 Å². The van der Waals surface area contributed by atoms with Crippen molar-refractivity contribution in [3.63, 3.8) is 0 Å². The molecule has 1 N–H and O–H groups in total. The molecule has 5 nitrogen and oxygen atoms in total. The summed E-state index contributed by atoms with van der Waals surface area (Å²) in [5, 5.41) is 3.81. The van der Waals surface area contributed by atoms with Crippen LogP contribution in [0.15, 0.2) is 45.9 Å². The van der Waals surface area contributed by atoms with Crippen LogP contribution in [0.2, 0.25) is 0 Å². The van der Waals surface area contributed by atoms with Gasteiger partial charge in [0.25, 0.3) is 0 Å². The van der Waals surface area contributed by atoms with E-state index in [1.165, 1.54) is 24.8 Å². The molecule has 0 spiro atoms. The zero-order valence-corrected chi connectivity index (χ0v) is 14.6. The molecule has 0 atom stereocenters. The number of carbonyl (C=O) groups is 1. The second-order valence-corrected chi connectivity index (χ2v) is 6.39. The predicted octanol–water partition coefficient (Wildman–Crippen LogP) is 3.98. The van der Waals surface area contributed by atoms with Gasteiger partial charge in [0, 0.05) is 19.2 Å². The number of hydrogen-bond donors (Lipinski definition) is 1. The van der Waals surface area contributed by atoms with Gasteiger partial charge < -0.3 is 9.32 Å². The van der Waals surface area contributed by atoms with Gasteiger partial charge >= 0.3 is 6.18 Å². The minimum absolute atomic E-state index is 0.196. The number of carbonyl (C=O) groups excluding carboxylic acids is 1. The van der Waals surface area contributed by atoms with Gasteiger partial charge in [-0.15, -0.1) is 0 Å². The van der Waals surface area contributed by atoms with Crippen LogP contribution in [-0.2, 0) is 17.4 Å². The molecule has 1 aliphatic rings. The Bertz CT molecular complexity index is 809. The summed E-state index contributed by atoms with van der Waals surface area (Å²) in [6.45, 7) is 1.91. The summed E-state index contributed by atoms with van der Waals surface area (Å²) in [5.74, 6) is 0.759. The number of amides is 1. The second kappa shape index (κ2) is 8.28. The summed E-state index contributed by atoms with van der Waals surface area (Å²) >= 11 is 0. The molecule has 2 heterocycles. The highest BCUT2D eigenvalue weighted by atomic mass is 19.4. The fourth-order valence-corrected chi connectivity index (χ4v) is 2.95. The van der Waals surface area contributed by atoms with E-state index in [-0.39, 0.29) is 12.0 Å². The SMILES string of the molecule is O=C(Cc1cccc(C(F)(F)F)c1)N/N=C/c1ccc(N2CCCCC2)o1. The van der Waals surface area contributed by atoms with Crippen LogP contribution in [0.3, 0.4) is 0 Å². The molecule has 1 aliphatic heterocycles. The summed E-state index contributed by atoms with van der Waals surface area (Å²) in [6.07, 6.45) is 0.237. The Balaban J connectivity index is 1.52. The lowest BCUT2D eigenvalue weighted by Crippen LogP contribution is -2.28. The molecule has 0 aliphatic carbocycles. The molecular weight excluding hydrogens is 359 g/mol.